The molecule has 0 fully saturated rings. The number of rotatable bonds is 3. The lowest BCUT2D eigenvalue weighted by Gasteiger charge is -2.01. The zero-order valence-corrected chi connectivity index (χ0v) is 10.7. The van der Waals surface area contributed by atoms with Gasteiger partial charge in [-0.05, 0) is 34.5 Å². The van der Waals surface area contributed by atoms with Gasteiger partial charge in [0.05, 0.1) is 16.1 Å². The normalized spacial score (nSPS) is 12.7. The van der Waals surface area contributed by atoms with Crippen LogP contribution in [0.5, 0.6) is 0 Å². The Morgan fingerprint density at radius 1 is 1.47 bits per heavy atom. The minimum absolute atomic E-state index is 0.260. The average molecular weight is 300 g/mol. The van der Waals surface area contributed by atoms with Crippen LogP contribution in [-0.2, 0) is 0 Å². The van der Waals surface area contributed by atoms with E-state index in [0.717, 1.165) is 0 Å². The molecule has 1 aromatic heterocycles. The van der Waals surface area contributed by atoms with Crippen molar-refractivity contribution in [2.24, 2.45) is 5.73 Å². The molecular weight excluding hydrogens is 289 g/mol. The van der Waals surface area contributed by atoms with Crippen molar-refractivity contribution < 1.29 is 8.81 Å². The van der Waals surface area contributed by atoms with Gasteiger partial charge in [-0.2, -0.15) is 0 Å². The minimum atomic E-state index is -0.373. The highest BCUT2D eigenvalue weighted by molar-refractivity contribution is 9.10. The van der Waals surface area contributed by atoms with E-state index in [1.807, 2.05) is 6.92 Å². The highest BCUT2D eigenvalue weighted by atomic mass is 79.9. The third-order valence-electron chi connectivity index (χ3n) is 2.38. The molecule has 0 saturated heterocycles. The van der Waals surface area contributed by atoms with Crippen LogP contribution in [0, 0.1) is 5.82 Å². The molecule has 6 heteroatoms. The van der Waals surface area contributed by atoms with Crippen LogP contribution in [0.2, 0.25) is 0 Å². The van der Waals surface area contributed by atoms with Gasteiger partial charge >= 0.3 is 0 Å². The number of nitrogens with two attached hydrogens (primary N) is 1. The van der Waals surface area contributed by atoms with Crippen molar-refractivity contribution in [1.82, 2.24) is 10.2 Å². The van der Waals surface area contributed by atoms with Crippen molar-refractivity contribution in [1.29, 1.82) is 0 Å². The lowest BCUT2D eigenvalue weighted by Crippen LogP contribution is -2.08. The Kier molecular flexibility index (Phi) is 3.54. The predicted molar refractivity (Wildman–Crippen MR) is 64.6 cm³/mol. The van der Waals surface area contributed by atoms with E-state index in [9.17, 15) is 4.39 Å². The molecule has 1 heterocycles. The summed E-state index contributed by atoms with van der Waals surface area (Å²) < 4.78 is 19.1. The Bertz CT molecular complexity index is 529. The van der Waals surface area contributed by atoms with Crippen LogP contribution in [0.4, 0.5) is 4.39 Å². The summed E-state index contributed by atoms with van der Waals surface area (Å²) >= 11 is 3.15. The maximum atomic E-state index is 13.3. The monoisotopic (exact) mass is 299 g/mol. The second kappa shape index (κ2) is 4.93. The molecule has 0 aliphatic heterocycles. The molecule has 0 aliphatic carbocycles. The Balaban J connectivity index is 2.40. The van der Waals surface area contributed by atoms with Gasteiger partial charge in [-0.25, -0.2) is 4.39 Å². The van der Waals surface area contributed by atoms with E-state index >= 15 is 0 Å². The number of benzene rings is 1. The van der Waals surface area contributed by atoms with E-state index in [-0.39, 0.29) is 17.7 Å². The molecule has 1 atom stereocenters. The summed E-state index contributed by atoms with van der Waals surface area (Å²) in [5, 5.41) is 7.71. The molecule has 17 heavy (non-hydrogen) atoms. The van der Waals surface area contributed by atoms with E-state index in [4.69, 9.17) is 10.2 Å². The van der Waals surface area contributed by atoms with Gasteiger partial charge in [-0.1, -0.05) is 13.0 Å². The lowest BCUT2D eigenvalue weighted by atomic mass is 10.2. The fourth-order valence-corrected chi connectivity index (χ4v) is 1.77. The van der Waals surface area contributed by atoms with Crippen LogP contribution < -0.4 is 5.73 Å². The number of hydrogen-bond acceptors (Lipinski definition) is 4. The summed E-state index contributed by atoms with van der Waals surface area (Å²) in [6.45, 7) is 1.92. The van der Waals surface area contributed by atoms with Gasteiger partial charge < -0.3 is 10.2 Å². The number of halogens is 2. The summed E-state index contributed by atoms with van der Waals surface area (Å²) in [6, 6.07) is 4.34. The van der Waals surface area contributed by atoms with Gasteiger partial charge in [-0.15, -0.1) is 10.2 Å². The Hall–Kier alpha value is -1.27. The van der Waals surface area contributed by atoms with Gasteiger partial charge in [0.1, 0.15) is 5.82 Å². The van der Waals surface area contributed by atoms with Gasteiger partial charge in [0.15, 0.2) is 0 Å². The van der Waals surface area contributed by atoms with E-state index in [0.29, 0.717) is 22.3 Å². The molecule has 90 valence electrons. The predicted octanol–water partition coefficient (Wildman–Crippen LogP) is 3.05. The van der Waals surface area contributed by atoms with Gasteiger partial charge in [0.2, 0.25) is 11.8 Å². The quantitative estimate of drug-likeness (QED) is 0.946. The molecule has 2 rings (SSSR count). The molecule has 0 aliphatic rings. The SMILES string of the molecule is CCC(N)c1nnc(-c2cccc(F)c2Br)o1. The minimum Gasteiger partial charge on any atom is -0.419 e. The summed E-state index contributed by atoms with van der Waals surface area (Å²) in [4.78, 5) is 0. The van der Waals surface area contributed by atoms with Crippen molar-refractivity contribution in [3.05, 3.63) is 34.4 Å². The van der Waals surface area contributed by atoms with Crippen LogP contribution in [-0.4, -0.2) is 10.2 Å². The first-order valence-corrected chi connectivity index (χ1v) is 5.96. The average Bonchev–Trinajstić information content (AvgIpc) is 2.81. The first-order chi connectivity index (χ1) is 8.13. The molecule has 0 amide bonds. The molecule has 0 bridgehead atoms. The summed E-state index contributed by atoms with van der Waals surface area (Å²) in [5.41, 5.74) is 6.29. The summed E-state index contributed by atoms with van der Waals surface area (Å²) in [7, 11) is 0. The summed E-state index contributed by atoms with van der Waals surface area (Å²) in [6.07, 6.45) is 0.700. The van der Waals surface area contributed by atoms with Crippen LogP contribution in [0.1, 0.15) is 25.3 Å². The third kappa shape index (κ3) is 2.37. The fraction of sp³-hybridized carbons (Fsp3) is 0.273. The molecule has 0 spiro atoms. The van der Waals surface area contributed by atoms with Crippen LogP contribution in [0.3, 0.4) is 0 Å². The fourth-order valence-electron chi connectivity index (χ4n) is 1.34. The molecule has 4 nitrogen and oxygen atoms in total. The van der Waals surface area contributed by atoms with E-state index in [1.54, 1.807) is 12.1 Å². The van der Waals surface area contributed by atoms with Crippen LogP contribution >= 0.6 is 15.9 Å². The standard InChI is InChI=1S/C11H11BrFN3O/c1-2-8(14)11-16-15-10(17-11)6-4-3-5-7(13)9(6)12/h3-5,8H,2,14H2,1H3. The highest BCUT2D eigenvalue weighted by Crippen LogP contribution is 2.30. The van der Waals surface area contributed by atoms with E-state index in [1.165, 1.54) is 6.07 Å². The third-order valence-corrected chi connectivity index (χ3v) is 3.19. The second-order valence-corrected chi connectivity index (χ2v) is 4.35. The number of aromatic nitrogens is 2. The van der Waals surface area contributed by atoms with Crippen LogP contribution in [0.25, 0.3) is 11.5 Å². The van der Waals surface area contributed by atoms with Gasteiger partial charge in [-0.3, -0.25) is 0 Å². The molecule has 2 aromatic rings. The zero-order chi connectivity index (χ0) is 12.4. The Labute approximate surface area is 106 Å². The highest BCUT2D eigenvalue weighted by Gasteiger charge is 2.16. The Morgan fingerprint density at radius 2 is 2.24 bits per heavy atom. The van der Waals surface area contributed by atoms with Crippen LogP contribution in [0.15, 0.2) is 27.1 Å². The van der Waals surface area contributed by atoms with Gasteiger partial charge in [0, 0.05) is 0 Å². The molecule has 0 saturated carbocycles. The molecule has 1 aromatic carbocycles. The second-order valence-electron chi connectivity index (χ2n) is 3.56. The molecular formula is C11H11BrFN3O. The topological polar surface area (TPSA) is 64.9 Å². The number of nitrogens with zero attached hydrogens (tertiary/aromatic N) is 2. The zero-order valence-electron chi connectivity index (χ0n) is 9.15. The Morgan fingerprint density at radius 3 is 2.94 bits per heavy atom. The molecule has 2 N–H and O–H groups in total. The smallest absolute Gasteiger partial charge is 0.249 e. The van der Waals surface area contributed by atoms with Crippen molar-refractivity contribution in [3.63, 3.8) is 0 Å². The first-order valence-electron chi connectivity index (χ1n) is 5.16. The maximum absolute atomic E-state index is 13.3. The lowest BCUT2D eigenvalue weighted by molar-refractivity contribution is 0.452. The van der Waals surface area contributed by atoms with Crippen molar-refractivity contribution in [3.8, 4) is 11.5 Å². The van der Waals surface area contributed by atoms with Gasteiger partial charge in [0.25, 0.3) is 0 Å². The van der Waals surface area contributed by atoms with E-state index < -0.39 is 0 Å². The van der Waals surface area contributed by atoms with Crippen molar-refractivity contribution in [2.45, 2.75) is 19.4 Å². The van der Waals surface area contributed by atoms with E-state index in [2.05, 4.69) is 26.1 Å². The number of hydrogen-bond donors (Lipinski definition) is 1. The van der Waals surface area contributed by atoms with Crippen molar-refractivity contribution >= 4 is 15.9 Å². The molecule has 1 unspecified atom stereocenters. The maximum Gasteiger partial charge on any atom is 0.249 e. The first kappa shape index (κ1) is 12.2. The molecule has 0 radical (unpaired) electrons. The largest absolute Gasteiger partial charge is 0.419 e. The van der Waals surface area contributed by atoms with Crippen molar-refractivity contribution in [2.75, 3.05) is 0 Å². The summed E-state index contributed by atoms with van der Waals surface area (Å²) in [5.74, 6) is 0.246.